The van der Waals surface area contributed by atoms with Gasteiger partial charge in [0.05, 0.1) is 10.4 Å². The van der Waals surface area contributed by atoms with E-state index in [9.17, 15) is 18.0 Å². The van der Waals surface area contributed by atoms with Gasteiger partial charge >= 0.3 is 6.18 Å². The molecular formula is C19H15ClF3N3O4S. The van der Waals surface area contributed by atoms with E-state index in [2.05, 4.69) is 15.4 Å². The molecule has 0 radical (unpaired) electrons. The molecule has 164 valence electrons. The Hall–Kier alpha value is -2.89. The molecule has 1 aromatic carbocycles. The fourth-order valence-corrected chi connectivity index (χ4v) is 3.08. The van der Waals surface area contributed by atoms with Gasteiger partial charge in [-0.2, -0.15) is 13.2 Å². The standard InChI is InChI=1S/C19H15ClF3N3O4S/c1-11(17(27)26-28-10-15-9-25-18(20)31-15)29-13-3-5-14(6-4-13)30-16-7-2-12(8-24-16)19(21,22)23/h2-9,11H,10H2,1H3,(H,26,27). The van der Waals surface area contributed by atoms with E-state index in [1.807, 2.05) is 0 Å². The molecule has 3 aromatic rings. The van der Waals surface area contributed by atoms with Crippen LogP contribution in [-0.2, 0) is 22.4 Å². The van der Waals surface area contributed by atoms with Gasteiger partial charge in [0.15, 0.2) is 10.6 Å². The van der Waals surface area contributed by atoms with Crippen molar-refractivity contribution in [2.24, 2.45) is 0 Å². The number of hydroxylamine groups is 1. The first-order chi connectivity index (χ1) is 14.7. The third-order valence-electron chi connectivity index (χ3n) is 3.70. The van der Waals surface area contributed by atoms with Gasteiger partial charge < -0.3 is 9.47 Å². The van der Waals surface area contributed by atoms with Crippen LogP contribution in [0.2, 0.25) is 4.47 Å². The molecule has 12 heteroatoms. The first kappa shape index (κ1) is 22.8. The Bertz CT molecular complexity index is 1010. The summed E-state index contributed by atoms with van der Waals surface area (Å²) in [5, 5.41) is 0. The Labute approximate surface area is 183 Å². The maximum Gasteiger partial charge on any atom is 0.417 e. The van der Waals surface area contributed by atoms with Crippen molar-refractivity contribution in [3.05, 3.63) is 63.7 Å². The minimum atomic E-state index is -4.46. The average Bonchev–Trinajstić information content (AvgIpc) is 3.14. The van der Waals surface area contributed by atoms with E-state index < -0.39 is 23.8 Å². The monoisotopic (exact) mass is 473 g/mol. The molecule has 0 aliphatic carbocycles. The van der Waals surface area contributed by atoms with Crippen molar-refractivity contribution in [1.29, 1.82) is 0 Å². The van der Waals surface area contributed by atoms with E-state index in [0.717, 1.165) is 17.0 Å². The summed E-state index contributed by atoms with van der Waals surface area (Å²) >= 11 is 6.95. The lowest BCUT2D eigenvalue weighted by Crippen LogP contribution is -2.36. The molecule has 0 aliphatic rings. The number of carbonyl (C=O) groups excluding carboxylic acids is 1. The highest BCUT2D eigenvalue weighted by molar-refractivity contribution is 7.15. The van der Waals surface area contributed by atoms with Gasteiger partial charge in [0, 0.05) is 18.5 Å². The lowest BCUT2D eigenvalue weighted by atomic mass is 10.3. The van der Waals surface area contributed by atoms with E-state index in [1.54, 1.807) is 25.3 Å². The Morgan fingerprint density at radius 3 is 2.42 bits per heavy atom. The second-order valence-corrected chi connectivity index (χ2v) is 7.75. The highest BCUT2D eigenvalue weighted by Crippen LogP contribution is 2.30. The van der Waals surface area contributed by atoms with E-state index >= 15 is 0 Å². The zero-order valence-electron chi connectivity index (χ0n) is 15.9. The summed E-state index contributed by atoms with van der Waals surface area (Å²) in [6.45, 7) is 1.66. The molecule has 2 heterocycles. The smallest absolute Gasteiger partial charge is 0.417 e. The lowest BCUT2D eigenvalue weighted by molar-refractivity contribution is -0.141. The predicted octanol–water partition coefficient (Wildman–Crippen LogP) is 5.02. The highest BCUT2D eigenvalue weighted by atomic mass is 35.5. The van der Waals surface area contributed by atoms with Gasteiger partial charge in [0.2, 0.25) is 5.88 Å². The normalized spacial score (nSPS) is 12.3. The number of hydrogen-bond acceptors (Lipinski definition) is 7. The number of hydrogen-bond donors (Lipinski definition) is 1. The molecule has 1 unspecified atom stereocenters. The number of carbonyl (C=O) groups is 1. The average molecular weight is 474 g/mol. The van der Waals surface area contributed by atoms with Gasteiger partial charge in [0.25, 0.3) is 5.91 Å². The quantitative estimate of drug-likeness (QED) is 0.463. The van der Waals surface area contributed by atoms with Crippen LogP contribution >= 0.6 is 22.9 Å². The molecule has 1 amide bonds. The van der Waals surface area contributed by atoms with Crippen LogP contribution in [-0.4, -0.2) is 22.0 Å². The zero-order chi connectivity index (χ0) is 22.4. The minimum Gasteiger partial charge on any atom is -0.481 e. The molecule has 2 aromatic heterocycles. The first-order valence-corrected chi connectivity index (χ1v) is 9.90. The zero-order valence-corrected chi connectivity index (χ0v) is 17.4. The van der Waals surface area contributed by atoms with Crippen molar-refractivity contribution in [3.63, 3.8) is 0 Å². The van der Waals surface area contributed by atoms with Crippen LogP contribution in [0.25, 0.3) is 0 Å². The van der Waals surface area contributed by atoms with Crippen LogP contribution in [0.1, 0.15) is 17.4 Å². The van der Waals surface area contributed by atoms with Crippen LogP contribution in [0.3, 0.4) is 0 Å². The van der Waals surface area contributed by atoms with Crippen molar-refractivity contribution in [1.82, 2.24) is 15.4 Å². The van der Waals surface area contributed by atoms with Gasteiger partial charge in [-0.25, -0.2) is 15.4 Å². The van der Waals surface area contributed by atoms with Crippen LogP contribution in [0.5, 0.6) is 17.4 Å². The van der Waals surface area contributed by atoms with Crippen molar-refractivity contribution in [3.8, 4) is 17.4 Å². The molecule has 0 spiro atoms. The van der Waals surface area contributed by atoms with Crippen LogP contribution in [0.4, 0.5) is 13.2 Å². The molecule has 0 fully saturated rings. The number of rotatable bonds is 8. The molecule has 3 rings (SSSR count). The summed E-state index contributed by atoms with van der Waals surface area (Å²) < 4.78 is 49.0. The van der Waals surface area contributed by atoms with Crippen LogP contribution in [0, 0.1) is 0 Å². The largest absolute Gasteiger partial charge is 0.481 e. The summed E-state index contributed by atoms with van der Waals surface area (Å²) in [6.07, 6.45) is -3.08. The SMILES string of the molecule is CC(Oc1ccc(Oc2ccc(C(F)(F)F)cn2)cc1)C(=O)NOCc1cnc(Cl)s1. The molecule has 1 atom stereocenters. The number of aromatic nitrogens is 2. The number of halogens is 4. The topological polar surface area (TPSA) is 82.6 Å². The minimum absolute atomic E-state index is 0.00814. The Morgan fingerprint density at radius 1 is 1.13 bits per heavy atom. The van der Waals surface area contributed by atoms with E-state index in [0.29, 0.717) is 22.2 Å². The van der Waals surface area contributed by atoms with Gasteiger partial charge in [-0.1, -0.05) is 11.6 Å². The number of amides is 1. The molecule has 1 N–H and O–H groups in total. The van der Waals surface area contributed by atoms with Crippen molar-refractivity contribution in [2.75, 3.05) is 0 Å². The van der Waals surface area contributed by atoms with Crippen molar-refractivity contribution >= 4 is 28.8 Å². The maximum absolute atomic E-state index is 12.6. The number of nitrogens with zero attached hydrogens (tertiary/aromatic N) is 2. The number of thiazole rings is 1. The van der Waals surface area contributed by atoms with E-state index in [-0.39, 0.29) is 12.5 Å². The second kappa shape index (κ2) is 9.94. The third kappa shape index (κ3) is 6.81. The number of ether oxygens (including phenoxy) is 2. The summed E-state index contributed by atoms with van der Waals surface area (Å²) in [6, 6.07) is 8.16. The molecular weight excluding hydrogens is 459 g/mol. The number of nitrogens with one attached hydrogen (secondary N) is 1. The van der Waals surface area contributed by atoms with Gasteiger partial charge in [0.1, 0.15) is 18.1 Å². The maximum atomic E-state index is 12.6. The van der Waals surface area contributed by atoms with Crippen LogP contribution < -0.4 is 15.0 Å². The molecule has 0 aliphatic heterocycles. The molecule has 31 heavy (non-hydrogen) atoms. The molecule has 0 bridgehead atoms. The van der Waals surface area contributed by atoms with Gasteiger partial charge in [-0.05, 0) is 37.3 Å². The fraction of sp³-hybridized carbons (Fsp3) is 0.211. The first-order valence-electron chi connectivity index (χ1n) is 8.70. The van der Waals surface area contributed by atoms with E-state index in [4.69, 9.17) is 25.9 Å². The van der Waals surface area contributed by atoms with Crippen molar-refractivity contribution < 1.29 is 32.3 Å². The Kier molecular flexibility index (Phi) is 7.31. The summed E-state index contributed by atoms with van der Waals surface area (Å²) in [5.74, 6) is 0.228. The summed E-state index contributed by atoms with van der Waals surface area (Å²) in [5.41, 5.74) is 1.41. The molecule has 0 saturated heterocycles. The summed E-state index contributed by atoms with van der Waals surface area (Å²) in [7, 11) is 0. The fourth-order valence-electron chi connectivity index (χ4n) is 2.18. The van der Waals surface area contributed by atoms with Crippen molar-refractivity contribution in [2.45, 2.75) is 25.8 Å². The van der Waals surface area contributed by atoms with Crippen LogP contribution in [0.15, 0.2) is 48.8 Å². The predicted molar refractivity (Wildman–Crippen MR) is 106 cm³/mol. The van der Waals surface area contributed by atoms with Gasteiger partial charge in [-0.15, -0.1) is 11.3 Å². The number of benzene rings is 1. The highest BCUT2D eigenvalue weighted by Gasteiger charge is 2.30. The molecule has 0 saturated carbocycles. The number of alkyl halides is 3. The number of pyridine rings is 1. The lowest BCUT2D eigenvalue weighted by Gasteiger charge is -2.14. The Morgan fingerprint density at radius 2 is 1.84 bits per heavy atom. The second-order valence-electron chi connectivity index (χ2n) is 6.05. The third-order valence-corrected chi connectivity index (χ3v) is 4.79. The van der Waals surface area contributed by atoms with E-state index in [1.165, 1.54) is 23.5 Å². The summed E-state index contributed by atoms with van der Waals surface area (Å²) in [4.78, 5) is 25.4. The van der Waals surface area contributed by atoms with Gasteiger partial charge in [-0.3, -0.25) is 9.63 Å². The molecule has 7 nitrogen and oxygen atoms in total. The Balaban J connectivity index is 1.47.